The molecular formula is C42H28N4. The fourth-order valence-corrected chi connectivity index (χ4v) is 6.79. The molecule has 0 spiro atoms. The second-order valence-corrected chi connectivity index (χ2v) is 11.6. The number of benzene rings is 7. The Balaban J connectivity index is 1.38. The Bertz CT molecular complexity index is 2370. The lowest BCUT2D eigenvalue weighted by Gasteiger charge is -2.31. The highest BCUT2D eigenvalue weighted by Gasteiger charge is 2.23. The Morgan fingerprint density at radius 2 is 0.978 bits per heavy atom. The SMILES string of the molecule is N#CC1=CC=C(N(c2ccccc2)c2ccc3ccc4c(N(c5ccccc5)c5ccc(C#N)cc5)ccc5ccc2c3c54)CC1. The molecule has 7 aromatic rings. The predicted octanol–water partition coefficient (Wildman–Crippen LogP) is 11.2. The molecule has 0 N–H and O–H groups in total. The Hall–Kier alpha value is -6.36. The van der Waals surface area contributed by atoms with Crippen molar-refractivity contribution in [2.45, 2.75) is 12.8 Å². The van der Waals surface area contributed by atoms with Gasteiger partial charge in [0.25, 0.3) is 0 Å². The minimum atomic E-state index is 0.634. The van der Waals surface area contributed by atoms with E-state index in [0.717, 1.165) is 57.9 Å². The fourth-order valence-electron chi connectivity index (χ4n) is 6.79. The van der Waals surface area contributed by atoms with Gasteiger partial charge in [0, 0.05) is 39.1 Å². The van der Waals surface area contributed by atoms with E-state index in [4.69, 9.17) is 0 Å². The number of hydrogen-bond donors (Lipinski definition) is 0. The minimum Gasteiger partial charge on any atom is -0.314 e. The van der Waals surface area contributed by atoms with Gasteiger partial charge in [0.2, 0.25) is 0 Å². The van der Waals surface area contributed by atoms with Crippen LogP contribution in [-0.4, -0.2) is 0 Å². The lowest BCUT2D eigenvalue weighted by molar-refractivity contribution is 0.895. The lowest BCUT2D eigenvalue weighted by Crippen LogP contribution is -2.18. The maximum absolute atomic E-state index is 9.50. The first kappa shape index (κ1) is 27.2. The predicted molar refractivity (Wildman–Crippen MR) is 189 cm³/mol. The zero-order valence-electron chi connectivity index (χ0n) is 25.1. The summed E-state index contributed by atoms with van der Waals surface area (Å²) in [5, 5.41) is 26.1. The Kier molecular flexibility index (Phi) is 6.68. The van der Waals surface area contributed by atoms with Crippen LogP contribution in [0.15, 0.2) is 157 Å². The van der Waals surface area contributed by atoms with E-state index >= 15 is 0 Å². The van der Waals surface area contributed by atoms with Crippen LogP contribution >= 0.6 is 0 Å². The van der Waals surface area contributed by atoms with Crippen molar-refractivity contribution in [2.24, 2.45) is 0 Å². The van der Waals surface area contributed by atoms with E-state index in [0.29, 0.717) is 5.56 Å². The van der Waals surface area contributed by atoms with Gasteiger partial charge in [-0.3, -0.25) is 0 Å². The molecule has 0 fully saturated rings. The van der Waals surface area contributed by atoms with E-state index in [-0.39, 0.29) is 0 Å². The molecule has 0 amide bonds. The van der Waals surface area contributed by atoms with E-state index < -0.39 is 0 Å². The average molecular weight is 589 g/mol. The minimum absolute atomic E-state index is 0.634. The Labute approximate surface area is 267 Å². The van der Waals surface area contributed by atoms with Crippen LogP contribution in [0.4, 0.5) is 28.4 Å². The summed E-state index contributed by atoms with van der Waals surface area (Å²) in [5.74, 6) is 0. The van der Waals surface area contributed by atoms with E-state index in [2.05, 4.69) is 125 Å². The van der Waals surface area contributed by atoms with Crippen molar-refractivity contribution in [3.8, 4) is 12.1 Å². The number of nitrogens with zero attached hydrogens (tertiary/aromatic N) is 4. The lowest BCUT2D eigenvalue weighted by atomic mass is 9.91. The first-order valence-corrected chi connectivity index (χ1v) is 15.4. The van der Waals surface area contributed by atoms with Gasteiger partial charge in [-0.1, -0.05) is 72.8 Å². The topological polar surface area (TPSA) is 54.1 Å². The third-order valence-electron chi connectivity index (χ3n) is 8.94. The number of rotatable bonds is 6. The molecule has 1 aliphatic rings. The molecule has 0 bridgehead atoms. The molecule has 0 saturated heterocycles. The van der Waals surface area contributed by atoms with Gasteiger partial charge in [0.05, 0.1) is 29.1 Å². The first-order valence-electron chi connectivity index (χ1n) is 15.4. The fraction of sp³-hybridized carbons (Fsp3) is 0.0476. The highest BCUT2D eigenvalue weighted by Crippen LogP contribution is 2.47. The first-order chi connectivity index (χ1) is 22.7. The molecule has 46 heavy (non-hydrogen) atoms. The van der Waals surface area contributed by atoms with Crippen LogP contribution in [0.1, 0.15) is 18.4 Å². The summed E-state index contributed by atoms with van der Waals surface area (Å²) in [7, 11) is 0. The van der Waals surface area contributed by atoms with Gasteiger partial charge in [-0.05, 0) is 107 Å². The summed E-state index contributed by atoms with van der Waals surface area (Å²) in [4.78, 5) is 4.63. The van der Waals surface area contributed by atoms with Crippen molar-refractivity contribution in [1.82, 2.24) is 0 Å². The van der Waals surface area contributed by atoms with Gasteiger partial charge in [-0.15, -0.1) is 0 Å². The molecule has 0 radical (unpaired) electrons. The third kappa shape index (κ3) is 4.53. The van der Waals surface area contributed by atoms with Gasteiger partial charge >= 0.3 is 0 Å². The maximum Gasteiger partial charge on any atom is 0.0991 e. The Morgan fingerprint density at radius 1 is 0.457 bits per heavy atom. The normalized spacial score (nSPS) is 12.8. The van der Waals surface area contributed by atoms with Gasteiger partial charge in [0.1, 0.15) is 0 Å². The van der Waals surface area contributed by atoms with Gasteiger partial charge < -0.3 is 9.80 Å². The zero-order valence-corrected chi connectivity index (χ0v) is 25.1. The smallest absolute Gasteiger partial charge is 0.0991 e. The monoisotopic (exact) mass is 588 g/mol. The summed E-state index contributed by atoms with van der Waals surface area (Å²) in [5.41, 5.74) is 7.93. The van der Waals surface area contributed by atoms with Crippen molar-refractivity contribution in [3.63, 3.8) is 0 Å². The van der Waals surface area contributed by atoms with Crippen LogP contribution in [-0.2, 0) is 0 Å². The van der Waals surface area contributed by atoms with Crippen LogP contribution in [0, 0.1) is 22.7 Å². The number of allylic oxidation sites excluding steroid dienone is 4. The second kappa shape index (κ2) is 11.3. The van der Waals surface area contributed by atoms with E-state index in [9.17, 15) is 10.5 Å². The van der Waals surface area contributed by atoms with E-state index in [1.807, 2.05) is 42.5 Å². The highest BCUT2D eigenvalue weighted by molar-refractivity contribution is 6.28. The molecule has 0 heterocycles. The molecule has 7 aromatic carbocycles. The number of nitriles is 2. The largest absolute Gasteiger partial charge is 0.314 e. The quantitative estimate of drug-likeness (QED) is 0.181. The molecule has 4 heteroatoms. The number of para-hydroxylation sites is 2. The highest BCUT2D eigenvalue weighted by atomic mass is 15.2. The molecule has 1 aliphatic carbocycles. The molecule has 8 rings (SSSR count). The van der Waals surface area contributed by atoms with Crippen molar-refractivity contribution >= 4 is 60.8 Å². The van der Waals surface area contributed by atoms with Crippen molar-refractivity contribution in [2.75, 3.05) is 9.80 Å². The number of hydrogen-bond acceptors (Lipinski definition) is 4. The van der Waals surface area contributed by atoms with E-state index in [1.54, 1.807) is 0 Å². The average Bonchev–Trinajstić information content (AvgIpc) is 3.13. The maximum atomic E-state index is 9.50. The third-order valence-corrected chi connectivity index (χ3v) is 8.94. The van der Waals surface area contributed by atoms with Crippen molar-refractivity contribution < 1.29 is 0 Å². The van der Waals surface area contributed by atoms with Crippen molar-refractivity contribution in [1.29, 1.82) is 10.5 Å². The summed E-state index contributed by atoms with van der Waals surface area (Å²) in [6, 6.07) is 51.1. The summed E-state index contributed by atoms with van der Waals surface area (Å²) >= 11 is 0. The molecule has 0 saturated carbocycles. The molecule has 0 unspecified atom stereocenters. The summed E-state index contributed by atoms with van der Waals surface area (Å²) in [6.45, 7) is 0. The van der Waals surface area contributed by atoms with Crippen LogP contribution in [0.2, 0.25) is 0 Å². The van der Waals surface area contributed by atoms with Crippen LogP contribution in [0.5, 0.6) is 0 Å². The molecule has 0 aromatic heterocycles. The summed E-state index contributed by atoms with van der Waals surface area (Å²) in [6.07, 6.45) is 5.57. The van der Waals surface area contributed by atoms with Crippen LogP contribution in [0.3, 0.4) is 0 Å². The van der Waals surface area contributed by atoms with Crippen molar-refractivity contribution in [3.05, 3.63) is 162 Å². The second-order valence-electron chi connectivity index (χ2n) is 11.6. The Morgan fingerprint density at radius 3 is 1.50 bits per heavy atom. The molecule has 0 atom stereocenters. The molecule has 4 nitrogen and oxygen atoms in total. The van der Waals surface area contributed by atoms with E-state index in [1.165, 1.54) is 26.9 Å². The standard InChI is InChI=1S/C42H28N4/c43-27-29-11-19-35(20-12-29)45(33-7-3-1-4-8-33)39-25-17-31-16-24-38-40(26-18-32-15-23-37(39)41(31)42(32)38)46(34-9-5-2-6-10-34)36-21-13-30(28-44)14-22-36/h1-13,15-21,23-26H,14,22H2. The number of anilines is 5. The van der Waals surface area contributed by atoms with Crippen LogP contribution in [0.25, 0.3) is 32.3 Å². The van der Waals surface area contributed by atoms with Gasteiger partial charge in [0.15, 0.2) is 0 Å². The van der Waals surface area contributed by atoms with Gasteiger partial charge in [-0.2, -0.15) is 10.5 Å². The zero-order chi connectivity index (χ0) is 31.0. The van der Waals surface area contributed by atoms with Crippen LogP contribution < -0.4 is 9.80 Å². The molecule has 216 valence electrons. The summed E-state index contributed by atoms with van der Waals surface area (Å²) < 4.78 is 0. The molecule has 0 aliphatic heterocycles. The molecular weight excluding hydrogens is 560 g/mol. The van der Waals surface area contributed by atoms with Gasteiger partial charge in [-0.25, -0.2) is 0 Å².